The molecule has 0 unspecified atom stereocenters. The largest absolute Gasteiger partial charge is 0.488 e. The van der Waals surface area contributed by atoms with Crippen molar-refractivity contribution in [2.75, 3.05) is 13.6 Å². The van der Waals surface area contributed by atoms with Crippen LogP contribution in [0.3, 0.4) is 0 Å². The predicted molar refractivity (Wildman–Crippen MR) is 98.2 cm³/mol. The fourth-order valence-corrected chi connectivity index (χ4v) is 2.07. The third kappa shape index (κ3) is 6.90. The van der Waals surface area contributed by atoms with Crippen molar-refractivity contribution < 1.29 is 13.9 Å². The lowest BCUT2D eigenvalue weighted by Gasteiger charge is -2.11. The number of likely N-dealkylation sites (N-methyl/N-ethyl adjacent to an activating group) is 1. The van der Waals surface area contributed by atoms with Gasteiger partial charge in [0.15, 0.2) is 0 Å². The first-order chi connectivity index (χ1) is 12.2. The van der Waals surface area contributed by atoms with E-state index in [0.29, 0.717) is 25.3 Å². The first-order valence-corrected chi connectivity index (χ1v) is 7.58. The van der Waals surface area contributed by atoms with Crippen LogP contribution in [0, 0.1) is 18.7 Å². The number of hydrogen-bond acceptors (Lipinski definition) is 3. The molecule has 2 aromatic rings. The Bertz CT molecular complexity index is 709. The highest BCUT2D eigenvalue weighted by Gasteiger charge is 2.04. The van der Waals surface area contributed by atoms with Crippen LogP contribution < -0.4 is 15.4 Å². The first kappa shape index (κ1) is 19.9. The molecule has 0 spiro atoms. The van der Waals surface area contributed by atoms with Gasteiger partial charge in [-0.25, -0.2) is 4.39 Å². The third-order valence-corrected chi connectivity index (χ3v) is 3.17. The number of hydrogen-bond donors (Lipinski definition) is 2. The zero-order valence-corrected chi connectivity index (χ0v) is 14.0. The molecule has 25 heavy (non-hydrogen) atoms. The summed E-state index contributed by atoms with van der Waals surface area (Å²) in [7, 11) is 1.80. The van der Waals surface area contributed by atoms with Gasteiger partial charge in [0.2, 0.25) is 6.41 Å². The number of carbonyl (C=O) groups excluding carboxylic acids is 1. The molecule has 0 bridgehead atoms. The molecule has 0 saturated carbocycles. The van der Waals surface area contributed by atoms with Crippen LogP contribution in [0.4, 0.5) is 4.39 Å². The Morgan fingerprint density at radius 3 is 2.48 bits per heavy atom. The van der Waals surface area contributed by atoms with E-state index in [4.69, 9.17) is 4.74 Å². The van der Waals surface area contributed by atoms with Gasteiger partial charge in [-0.1, -0.05) is 30.3 Å². The summed E-state index contributed by atoms with van der Waals surface area (Å²) in [4.78, 5) is 10.7. The molecule has 0 atom stereocenters. The number of amides is 1. The van der Waals surface area contributed by atoms with Gasteiger partial charge in [-0.3, -0.25) is 4.79 Å². The number of terminal acetylenes is 1. The van der Waals surface area contributed by atoms with Crippen molar-refractivity contribution in [2.45, 2.75) is 6.61 Å². The Labute approximate surface area is 147 Å². The summed E-state index contributed by atoms with van der Waals surface area (Å²) in [6.07, 6.45) is 10.5. The van der Waals surface area contributed by atoms with Crippen LogP contribution in [-0.2, 0) is 11.4 Å². The van der Waals surface area contributed by atoms with Crippen LogP contribution in [0.2, 0.25) is 0 Å². The van der Waals surface area contributed by atoms with Gasteiger partial charge in [-0.15, -0.1) is 12.8 Å². The Kier molecular flexibility index (Phi) is 9.13. The maximum absolute atomic E-state index is 12.9. The van der Waals surface area contributed by atoms with Crippen LogP contribution >= 0.6 is 0 Å². The van der Waals surface area contributed by atoms with Crippen molar-refractivity contribution in [1.29, 1.82) is 0 Å². The second-order valence-electron chi connectivity index (χ2n) is 4.92. The average molecular weight is 340 g/mol. The molecular formula is C20H21FN2O2. The summed E-state index contributed by atoms with van der Waals surface area (Å²) >= 11 is 0. The predicted octanol–water partition coefficient (Wildman–Crippen LogP) is 2.96. The Morgan fingerprint density at radius 1 is 1.16 bits per heavy atom. The van der Waals surface area contributed by atoms with Crippen molar-refractivity contribution in [3.8, 4) is 18.6 Å². The van der Waals surface area contributed by atoms with Crippen LogP contribution in [0.15, 0.2) is 54.2 Å². The molecule has 0 aliphatic heterocycles. The molecule has 0 heterocycles. The molecule has 1 amide bonds. The number of carbonyl (C=O) groups is 1. The quantitative estimate of drug-likeness (QED) is 0.574. The summed E-state index contributed by atoms with van der Waals surface area (Å²) in [6, 6.07) is 13.7. The van der Waals surface area contributed by atoms with Gasteiger partial charge < -0.3 is 15.4 Å². The summed E-state index contributed by atoms with van der Waals surface area (Å²) in [5, 5.41) is 5.65. The van der Waals surface area contributed by atoms with Crippen molar-refractivity contribution in [1.82, 2.24) is 10.6 Å². The van der Waals surface area contributed by atoms with Gasteiger partial charge in [-0.2, -0.15) is 0 Å². The highest BCUT2D eigenvalue weighted by molar-refractivity contribution is 5.63. The number of benzene rings is 2. The van der Waals surface area contributed by atoms with E-state index in [1.807, 2.05) is 30.3 Å². The van der Waals surface area contributed by atoms with E-state index in [-0.39, 0.29) is 5.82 Å². The molecule has 5 heteroatoms. The maximum atomic E-state index is 12.9. The number of halogens is 1. The minimum absolute atomic E-state index is 0.270. The highest BCUT2D eigenvalue weighted by Crippen LogP contribution is 2.21. The molecule has 4 nitrogen and oxygen atoms in total. The lowest BCUT2D eigenvalue weighted by molar-refractivity contribution is -0.108. The molecular weight excluding hydrogens is 319 g/mol. The molecule has 0 radical (unpaired) electrons. The Balaban J connectivity index is 0.00000151. The summed E-state index contributed by atoms with van der Waals surface area (Å²) in [5.74, 6) is 0.423. The van der Waals surface area contributed by atoms with E-state index in [1.54, 1.807) is 19.2 Å². The van der Waals surface area contributed by atoms with Gasteiger partial charge in [0, 0.05) is 17.8 Å². The minimum Gasteiger partial charge on any atom is -0.488 e. The zero-order chi connectivity index (χ0) is 18.5. The van der Waals surface area contributed by atoms with E-state index < -0.39 is 0 Å². The lowest BCUT2D eigenvalue weighted by Crippen LogP contribution is -2.21. The molecule has 130 valence electrons. The normalized spacial score (nSPS) is 10.3. The van der Waals surface area contributed by atoms with Crippen molar-refractivity contribution in [2.24, 2.45) is 0 Å². The van der Waals surface area contributed by atoms with Crippen LogP contribution in [0.25, 0.3) is 6.08 Å². The Hall–Kier alpha value is -3.10. The van der Waals surface area contributed by atoms with Crippen LogP contribution in [0.1, 0.15) is 11.1 Å². The summed E-state index contributed by atoms with van der Waals surface area (Å²) in [5.41, 5.74) is 2.47. The molecule has 2 N–H and O–H groups in total. The Morgan fingerprint density at radius 2 is 1.84 bits per heavy atom. The lowest BCUT2D eigenvalue weighted by atomic mass is 10.1. The van der Waals surface area contributed by atoms with Gasteiger partial charge in [0.05, 0.1) is 0 Å². The summed E-state index contributed by atoms with van der Waals surface area (Å²) < 4.78 is 18.7. The molecule has 0 aliphatic rings. The van der Waals surface area contributed by atoms with Crippen molar-refractivity contribution >= 4 is 12.5 Å². The summed E-state index contributed by atoms with van der Waals surface area (Å²) in [6.45, 7) is 0.874. The maximum Gasteiger partial charge on any atom is 0.211 e. The van der Waals surface area contributed by atoms with Crippen molar-refractivity contribution in [3.63, 3.8) is 0 Å². The second-order valence-corrected chi connectivity index (χ2v) is 4.92. The van der Waals surface area contributed by atoms with Crippen LogP contribution in [-0.4, -0.2) is 20.0 Å². The van der Waals surface area contributed by atoms with Gasteiger partial charge >= 0.3 is 0 Å². The third-order valence-electron chi connectivity index (χ3n) is 3.17. The van der Waals surface area contributed by atoms with Gasteiger partial charge in [0.25, 0.3) is 0 Å². The van der Waals surface area contributed by atoms with Gasteiger partial charge in [-0.05, 0) is 36.9 Å². The SMILES string of the molecule is C#C.CNC/C(=C\c1ccccc1OCc1ccc(F)cc1)NC=O. The number of nitrogens with one attached hydrogen (secondary N) is 2. The second kappa shape index (κ2) is 11.4. The van der Waals surface area contributed by atoms with E-state index >= 15 is 0 Å². The molecule has 2 aromatic carbocycles. The molecule has 2 rings (SSSR count). The van der Waals surface area contributed by atoms with E-state index in [0.717, 1.165) is 16.8 Å². The van der Waals surface area contributed by atoms with E-state index in [9.17, 15) is 9.18 Å². The number of para-hydroxylation sites is 1. The highest BCUT2D eigenvalue weighted by atomic mass is 19.1. The fraction of sp³-hybridized carbons (Fsp3) is 0.150. The molecule has 0 saturated heterocycles. The fourth-order valence-electron chi connectivity index (χ4n) is 2.07. The van der Waals surface area contributed by atoms with Gasteiger partial charge in [0.1, 0.15) is 18.2 Å². The first-order valence-electron chi connectivity index (χ1n) is 7.58. The molecule has 0 fully saturated rings. The standard InChI is InChI=1S/C18H19FN2O2.C2H2/c1-20-11-17(21-13-22)10-15-4-2-3-5-18(15)23-12-14-6-8-16(19)9-7-14;1-2/h2-10,13,20H,11-12H2,1H3,(H,21,22);1-2H/b17-10+;. The topological polar surface area (TPSA) is 50.4 Å². The zero-order valence-electron chi connectivity index (χ0n) is 14.0. The van der Waals surface area contributed by atoms with E-state index in [2.05, 4.69) is 23.5 Å². The average Bonchev–Trinajstić information content (AvgIpc) is 2.64. The minimum atomic E-state index is -0.270. The smallest absolute Gasteiger partial charge is 0.211 e. The molecule has 0 aromatic heterocycles. The molecule has 0 aliphatic carbocycles. The van der Waals surface area contributed by atoms with Crippen LogP contribution in [0.5, 0.6) is 5.75 Å². The monoisotopic (exact) mass is 340 g/mol. The number of ether oxygens (including phenoxy) is 1. The number of rotatable bonds is 8. The van der Waals surface area contributed by atoms with E-state index in [1.165, 1.54) is 12.1 Å². The van der Waals surface area contributed by atoms with Crippen molar-refractivity contribution in [3.05, 3.63) is 71.2 Å².